The zero-order valence-corrected chi connectivity index (χ0v) is 7.85. The maximum Gasteiger partial charge on any atom is 0.302 e. The lowest BCUT2D eigenvalue weighted by Gasteiger charge is -2.27. The van der Waals surface area contributed by atoms with Crippen molar-refractivity contribution >= 4 is 6.21 Å². The van der Waals surface area contributed by atoms with Gasteiger partial charge in [0.1, 0.15) is 6.21 Å². The Morgan fingerprint density at radius 3 is 3.07 bits per heavy atom. The van der Waals surface area contributed by atoms with E-state index in [0.717, 1.165) is 12.8 Å². The first kappa shape index (κ1) is 9.18. The summed E-state index contributed by atoms with van der Waals surface area (Å²) < 4.78 is 0. The van der Waals surface area contributed by atoms with Crippen LogP contribution in [0.3, 0.4) is 0 Å². The molecule has 1 aliphatic heterocycles. The number of nitro groups is 1. The van der Waals surface area contributed by atoms with Crippen LogP contribution in [-0.2, 0) is 0 Å². The smallest absolute Gasteiger partial charge is 0.302 e. The van der Waals surface area contributed by atoms with Crippen molar-refractivity contribution in [3.8, 4) is 0 Å². The molecule has 1 N–H and O–H groups in total. The van der Waals surface area contributed by atoms with E-state index in [-0.39, 0.29) is 17.8 Å². The molecule has 5 heteroatoms. The standard InChI is InChI=1S/C9H13N3O2/c13-12(14)7-5-10-8-3-1-2-4-9(8)11-6-7/h5-6,8-10H,1-4H2/t8-,9+/m0/s1. The minimum Gasteiger partial charge on any atom is -0.380 e. The molecule has 0 aromatic heterocycles. The van der Waals surface area contributed by atoms with Crippen LogP contribution in [0.2, 0.25) is 0 Å². The van der Waals surface area contributed by atoms with Gasteiger partial charge in [-0.1, -0.05) is 12.8 Å². The Morgan fingerprint density at radius 2 is 2.29 bits per heavy atom. The lowest BCUT2D eigenvalue weighted by atomic mass is 9.91. The molecule has 0 radical (unpaired) electrons. The van der Waals surface area contributed by atoms with Crippen molar-refractivity contribution in [1.29, 1.82) is 0 Å². The fourth-order valence-electron chi connectivity index (χ4n) is 1.99. The van der Waals surface area contributed by atoms with E-state index >= 15 is 0 Å². The van der Waals surface area contributed by atoms with Gasteiger partial charge in [-0.05, 0) is 12.8 Å². The number of hydrogen-bond donors (Lipinski definition) is 1. The summed E-state index contributed by atoms with van der Waals surface area (Å²) in [7, 11) is 0. The van der Waals surface area contributed by atoms with Crippen LogP contribution in [-0.4, -0.2) is 23.2 Å². The van der Waals surface area contributed by atoms with Crippen molar-refractivity contribution in [3.63, 3.8) is 0 Å². The van der Waals surface area contributed by atoms with Gasteiger partial charge in [0.15, 0.2) is 0 Å². The van der Waals surface area contributed by atoms with Crippen LogP contribution in [0.15, 0.2) is 16.9 Å². The lowest BCUT2D eigenvalue weighted by molar-refractivity contribution is -0.414. The molecule has 0 saturated heterocycles. The first-order valence-electron chi connectivity index (χ1n) is 4.91. The van der Waals surface area contributed by atoms with E-state index in [4.69, 9.17) is 0 Å². The quantitative estimate of drug-likeness (QED) is 0.503. The van der Waals surface area contributed by atoms with Crippen molar-refractivity contribution in [1.82, 2.24) is 5.32 Å². The van der Waals surface area contributed by atoms with E-state index in [1.54, 1.807) is 0 Å². The number of aliphatic imine (C=N–C) groups is 1. The Hall–Kier alpha value is -1.39. The molecule has 0 bridgehead atoms. The highest BCUT2D eigenvalue weighted by molar-refractivity contribution is 5.75. The predicted molar refractivity (Wildman–Crippen MR) is 52.7 cm³/mol. The predicted octanol–water partition coefficient (Wildman–Crippen LogP) is 1.09. The highest BCUT2D eigenvalue weighted by atomic mass is 16.6. The van der Waals surface area contributed by atoms with Crippen LogP contribution in [0.1, 0.15) is 25.7 Å². The van der Waals surface area contributed by atoms with Gasteiger partial charge in [0.05, 0.1) is 17.2 Å². The average Bonchev–Trinajstić information content (AvgIpc) is 2.39. The summed E-state index contributed by atoms with van der Waals surface area (Å²) in [6.07, 6.45) is 7.30. The molecule has 0 spiro atoms. The molecule has 1 saturated carbocycles. The third-order valence-corrected chi connectivity index (χ3v) is 2.78. The second kappa shape index (κ2) is 3.77. The normalized spacial score (nSPS) is 31.0. The van der Waals surface area contributed by atoms with Crippen LogP contribution in [0, 0.1) is 10.1 Å². The fraction of sp³-hybridized carbons (Fsp3) is 0.667. The van der Waals surface area contributed by atoms with Crippen LogP contribution in [0.4, 0.5) is 0 Å². The van der Waals surface area contributed by atoms with Gasteiger partial charge in [-0.3, -0.25) is 15.1 Å². The van der Waals surface area contributed by atoms with Crippen molar-refractivity contribution in [2.24, 2.45) is 4.99 Å². The fourth-order valence-corrected chi connectivity index (χ4v) is 1.99. The van der Waals surface area contributed by atoms with Gasteiger partial charge in [0.25, 0.3) is 0 Å². The van der Waals surface area contributed by atoms with Gasteiger partial charge in [0, 0.05) is 6.04 Å². The molecule has 14 heavy (non-hydrogen) atoms. The van der Waals surface area contributed by atoms with E-state index in [0.29, 0.717) is 0 Å². The first-order valence-corrected chi connectivity index (χ1v) is 4.91. The Labute approximate surface area is 82.1 Å². The monoisotopic (exact) mass is 195 g/mol. The second-order valence-corrected chi connectivity index (χ2v) is 3.73. The Morgan fingerprint density at radius 1 is 1.50 bits per heavy atom. The van der Waals surface area contributed by atoms with Crippen molar-refractivity contribution in [3.05, 3.63) is 22.0 Å². The number of allylic oxidation sites excluding steroid dienone is 1. The van der Waals surface area contributed by atoms with Crippen LogP contribution < -0.4 is 5.32 Å². The van der Waals surface area contributed by atoms with Crippen molar-refractivity contribution in [2.45, 2.75) is 37.8 Å². The topological polar surface area (TPSA) is 67.5 Å². The molecule has 0 aromatic carbocycles. The van der Waals surface area contributed by atoms with Crippen LogP contribution in [0.5, 0.6) is 0 Å². The van der Waals surface area contributed by atoms with E-state index in [1.807, 2.05) is 0 Å². The molecular formula is C9H13N3O2. The van der Waals surface area contributed by atoms with Crippen LogP contribution >= 0.6 is 0 Å². The SMILES string of the molecule is O=[N+]([O-])C1=CN[C@H]2CCCC[C@H]2N=C1. The highest BCUT2D eigenvalue weighted by Gasteiger charge is 2.26. The summed E-state index contributed by atoms with van der Waals surface area (Å²) in [5.74, 6) is 0. The molecule has 1 heterocycles. The minimum atomic E-state index is -0.409. The lowest BCUT2D eigenvalue weighted by Crippen LogP contribution is -2.37. The molecule has 2 aliphatic rings. The maximum absolute atomic E-state index is 10.5. The second-order valence-electron chi connectivity index (χ2n) is 3.73. The van der Waals surface area contributed by atoms with E-state index < -0.39 is 4.92 Å². The van der Waals surface area contributed by atoms with Crippen molar-refractivity contribution < 1.29 is 4.92 Å². The molecule has 0 unspecified atom stereocenters. The average molecular weight is 195 g/mol. The van der Waals surface area contributed by atoms with Gasteiger partial charge in [-0.2, -0.15) is 0 Å². The molecule has 1 fully saturated rings. The largest absolute Gasteiger partial charge is 0.380 e. The molecule has 76 valence electrons. The van der Waals surface area contributed by atoms with E-state index in [2.05, 4.69) is 10.3 Å². The summed E-state index contributed by atoms with van der Waals surface area (Å²) in [4.78, 5) is 14.4. The minimum absolute atomic E-state index is 0.0550. The summed E-state index contributed by atoms with van der Waals surface area (Å²) in [6, 6.07) is 0.509. The third-order valence-electron chi connectivity index (χ3n) is 2.78. The number of rotatable bonds is 1. The molecule has 2 atom stereocenters. The summed E-state index contributed by atoms with van der Waals surface area (Å²) in [5, 5.41) is 13.6. The molecule has 0 aromatic rings. The van der Waals surface area contributed by atoms with Gasteiger partial charge < -0.3 is 5.32 Å². The summed E-state index contributed by atoms with van der Waals surface area (Å²) >= 11 is 0. The number of nitrogens with one attached hydrogen (secondary N) is 1. The molecule has 1 aliphatic carbocycles. The Balaban J connectivity index is 2.14. The van der Waals surface area contributed by atoms with E-state index in [1.165, 1.54) is 25.3 Å². The van der Waals surface area contributed by atoms with Gasteiger partial charge in [0.2, 0.25) is 0 Å². The van der Waals surface area contributed by atoms with Crippen LogP contribution in [0.25, 0.3) is 0 Å². The summed E-state index contributed by atoms with van der Waals surface area (Å²) in [5.41, 5.74) is 0.0550. The van der Waals surface area contributed by atoms with E-state index in [9.17, 15) is 10.1 Å². The zero-order chi connectivity index (χ0) is 9.97. The van der Waals surface area contributed by atoms with Gasteiger partial charge >= 0.3 is 5.70 Å². The zero-order valence-electron chi connectivity index (χ0n) is 7.85. The number of nitrogens with zero attached hydrogens (tertiary/aromatic N) is 2. The van der Waals surface area contributed by atoms with Gasteiger partial charge in [-0.25, -0.2) is 0 Å². The molecule has 2 rings (SSSR count). The highest BCUT2D eigenvalue weighted by Crippen LogP contribution is 2.22. The number of hydrogen-bond acceptors (Lipinski definition) is 4. The Bertz CT molecular complexity index is 298. The summed E-state index contributed by atoms with van der Waals surface area (Å²) in [6.45, 7) is 0. The third kappa shape index (κ3) is 1.76. The molecule has 0 amide bonds. The Kier molecular flexibility index (Phi) is 2.47. The van der Waals surface area contributed by atoms with Crippen molar-refractivity contribution in [2.75, 3.05) is 0 Å². The van der Waals surface area contributed by atoms with Gasteiger partial charge in [-0.15, -0.1) is 0 Å². The first-order chi connectivity index (χ1) is 6.77. The number of fused-ring (bicyclic) bond motifs is 1. The maximum atomic E-state index is 10.5. The molecular weight excluding hydrogens is 182 g/mol. The molecule has 5 nitrogen and oxygen atoms in total.